The van der Waals surface area contributed by atoms with Crippen LogP contribution in [0.3, 0.4) is 0 Å². The lowest BCUT2D eigenvalue weighted by Gasteiger charge is -2.33. The van der Waals surface area contributed by atoms with E-state index in [1.54, 1.807) is 32.3 Å². The van der Waals surface area contributed by atoms with Gasteiger partial charge in [-0.3, -0.25) is 0 Å². The molecule has 1 aromatic heterocycles. The van der Waals surface area contributed by atoms with E-state index in [0.29, 0.717) is 5.95 Å². The maximum atomic E-state index is 9.82. The number of rotatable bonds is 3. The fraction of sp³-hybridized carbons (Fsp3) is 0.600. The highest BCUT2D eigenvalue weighted by Gasteiger charge is 2.27. The molecule has 0 saturated carbocycles. The topological polar surface area (TPSA) is 49.2 Å². The van der Waals surface area contributed by atoms with Crippen LogP contribution in [0.2, 0.25) is 0 Å². The maximum absolute atomic E-state index is 9.82. The van der Waals surface area contributed by atoms with E-state index < -0.39 is 5.60 Å². The first-order valence-corrected chi connectivity index (χ1v) is 4.65. The van der Waals surface area contributed by atoms with Gasteiger partial charge in [0.1, 0.15) is 0 Å². The van der Waals surface area contributed by atoms with E-state index in [0.717, 1.165) is 0 Å². The summed E-state index contributed by atoms with van der Waals surface area (Å²) in [5.41, 5.74) is -0.770. The standard InChI is InChI=1S/C10H17N3O/c1-8(10(2,3)14)13(4)9-11-6-5-7-12-9/h5-8,14H,1-4H3. The van der Waals surface area contributed by atoms with Crippen molar-refractivity contribution in [1.82, 2.24) is 9.97 Å². The van der Waals surface area contributed by atoms with Gasteiger partial charge in [0, 0.05) is 19.4 Å². The Morgan fingerprint density at radius 1 is 1.36 bits per heavy atom. The highest BCUT2D eigenvalue weighted by Crippen LogP contribution is 2.17. The molecule has 14 heavy (non-hydrogen) atoms. The zero-order chi connectivity index (χ0) is 10.8. The van der Waals surface area contributed by atoms with E-state index in [2.05, 4.69) is 9.97 Å². The third-order valence-electron chi connectivity index (χ3n) is 2.47. The molecule has 0 aliphatic heterocycles. The quantitative estimate of drug-likeness (QED) is 0.784. The van der Waals surface area contributed by atoms with Gasteiger partial charge in [-0.1, -0.05) is 0 Å². The summed E-state index contributed by atoms with van der Waals surface area (Å²) >= 11 is 0. The lowest BCUT2D eigenvalue weighted by molar-refractivity contribution is 0.0561. The number of anilines is 1. The van der Waals surface area contributed by atoms with Crippen LogP contribution in [0.1, 0.15) is 20.8 Å². The van der Waals surface area contributed by atoms with Crippen molar-refractivity contribution in [2.75, 3.05) is 11.9 Å². The van der Waals surface area contributed by atoms with Crippen LogP contribution in [-0.4, -0.2) is 33.8 Å². The molecule has 1 heterocycles. The summed E-state index contributed by atoms with van der Waals surface area (Å²) in [5.74, 6) is 0.627. The van der Waals surface area contributed by atoms with Crippen molar-refractivity contribution < 1.29 is 5.11 Å². The monoisotopic (exact) mass is 195 g/mol. The normalized spacial score (nSPS) is 13.8. The maximum Gasteiger partial charge on any atom is 0.225 e. The second-order valence-corrected chi connectivity index (χ2v) is 3.99. The third-order valence-corrected chi connectivity index (χ3v) is 2.47. The molecule has 0 saturated heterocycles. The predicted molar refractivity (Wildman–Crippen MR) is 56.2 cm³/mol. The largest absolute Gasteiger partial charge is 0.388 e. The molecular weight excluding hydrogens is 178 g/mol. The summed E-state index contributed by atoms with van der Waals surface area (Å²) in [4.78, 5) is 10.1. The predicted octanol–water partition coefficient (Wildman–Crippen LogP) is 1.07. The fourth-order valence-electron chi connectivity index (χ4n) is 1.12. The first kappa shape index (κ1) is 10.9. The van der Waals surface area contributed by atoms with Gasteiger partial charge in [-0.2, -0.15) is 0 Å². The number of aromatic nitrogens is 2. The Labute approximate surface area is 84.6 Å². The van der Waals surface area contributed by atoms with Crippen LogP contribution in [0, 0.1) is 0 Å². The Bertz CT molecular complexity index is 281. The molecule has 1 atom stereocenters. The summed E-state index contributed by atoms with van der Waals surface area (Å²) in [7, 11) is 1.87. The minimum absolute atomic E-state index is 0.0371. The van der Waals surface area contributed by atoms with Crippen molar-refractivity contribution in [3.63, 3.8) is 0 Å². The molecule has 0 aliphatic carbocycles. The highest BCUT2D eigenvalue weighted by molar-refractivity contribution is 5.29. The Morgan fingerprint density at radius 3 is 2.29 bits per heavy atom. The number of nitrogens with zero attached hydrogens (tertiary/aromatic N) is 3. The van der Waals surface area contributed by atoms with Crippen molar-refractivity contribution in [2.24, 2.45) is 0 Å². The van der Waals surface area contributed by atoms with Gasteiger partial charge in [0.2, 0.25) is 5.95 Å². The van der Waals surface area contributed by atoms with E-state index in [9.17, 15) is 5.11 Å². The van der Waals surface area contributed by atoms with E-state index >= 15 is 0 Å². The Kier molecular flexibility index (Phi) is 3.06. The van der Waals surface area contributed by atoms with Crippen LogP contribution in [-0.2, 0) is 0 Å². The van der Waals surface area contributed by atoms with Gasteiger partial charge < -0.3 is 10.0 Å². The summed E-state index contributed by atoms with van der Waals surface area (Å²) in [6.07, 6.45) is 3.38. The molecule has 4 heteroatoms. The average Bonchev–Trinajstić information content (AvgIpc) is 2.15. The Hall–Kier alpha value is -1.16. The molecule has 1 unspecified atom stereocenters. The van der Waals surface area contributed by atoms with Crippen molar-refractivity contribution in [3.8, 4) is 0 Å². The molecule has 0 bridgehead atoms. The number of hydrogen-bond donors (Lipinski definition) is 1. The summed E-state index contributed by atoms with van der Waals surface area (Å²) in [5, 5.41) is 9.82. The minimum atomic E-state index is -0.770. The number of aliphatic hydroxyl groups is 1. The minimum Gasteiger partial charge on any atom is -0.388 e. The van der Waals surface area contributed by atoms with Crippen molar-refractivity contribution >= 4 is 5.95 Å². The summed E-state index contributed by atoms with van der Waals surface area (Å²) in [6.45, 7) is 5.49. The van der Waals surface area contributed by atoms with Crippen molar-refractivity contribution in [1.29, 1.82) is 0 Å². The zero-order valence-corrected chi connectivity index (χ0v) is 9.10. The van der Waals surface area contributed by atoms with Crippen molar-refractivity contribution in [2.45, 2.75) is 32.4 Å². The third kappa shape index (κ3) is 2.42. The smallest absolute Gasteiger partial charge is 0.225 e. The van der Waals surface area contributed by atoms with E-state index in [1.165, 1.54) is 0 Å². The SMILES string of the molecule is CC(N(C)c1ncccn1)C(C)(C)O. The molecule has 0 spiro atoms. The van der Waals surface area contributed by atoms with Crippen LogP contribution in [0.4, 0.5) is 5.95 Å². The van der Waals surface area contributed by atoms with Gasteiger partial charge in [0.15, 0.2) is 0 Å². The van der Waals surface area contributed by atoms with Crippen LogP contribution >= 0.6 is 0 Å². The number of hydrogen-bond acceptors (Lipinski definition) is 4. The second-order valence-electron chi connectivity index (χ2n) is 3.99. The van der Waals surface area contributed by atoms with Gasteiger partial charge in [0.25, 0.3) is 0 Å². The molecule has 1 aromatic rings. The molecule has 1 rings (SSSR count). The Balaban J connectivity index is 2.81. The molecule has 78 valence electrons. The fourth-order valence-corrected chi connectivity index (χ4v) is 1.12. The molecule has 1 N–H and O–H groups in total. The molecule has 0 aromatic carbocycles. The van der Waals surface area contributed by atoms with E-state index in [-0.39, 0.29) is 6.04 Å². The van der Waals surface area contributed by atoms with Crippen LogP contribution in [0.5, 0.6) is 0 Å². The van der Waals surface area contributed by atoms with Crippen LogP contribution in [0.25, 0.3) is 0 Å². The zero-order valence-electron chi connectivity index (χ0n) is 9.10. The van der Waals surface area contributed by atoms with E-state index in [1.807, 2.05) is 18.9 Å². The summed E-state index contributed by atoms with van der Waals surface area (Å²) in [6, 6.07) is 1.73. The summed E-state index contributed by atoms with van der Waals surface area (Å²) < 4.78 is 0. The lowest BCUT2D eigenvalue weighted by Crippen LogP contribution is -2.46. The molecule has 0 amide bonds. The van der Waals surface area contributed by atoms with E-state index in [4.69, 9.17) is 0 Å². The molecule has 4 nitrogen and oxygen atoms in total. The van der Waals surface area contributed by atoms with Crippen molar-refractivity contribution in [3.05, 3.63) is 18.5 Å². The van der Waals surface area contributed by atoms with Gasteiger partial charge in [-0.25, -0.2) is 9.97 Å². The molecular formula is C10H17N3O. The van der Waals surface area contributed by atoms with Gasteiger partial charge in [-0.05, 0) is 26.8 Å². The molecule has 0 radical (unpaired) electrons. The lowest BCUT2D eigenvalue weighted by atomic mass is 10.00. The number of likely N-dealkylation sites (N-methyl/N-ethyl adjacent to an activating group) is 1. The molecule has 0 aliphatic rings. The average molecular weight is 195 g/mol. The second kappa shape index (κ2) is 3.92. The van der Waals surface area contributed by atoms with Crippen LogP contribution in [0.15, 0.2) is 18.5 Å². The Morgan fingerprint density at radius 2 is 1.86 bits per heavy atom. The van der Waals surface area contributed by atoms with Gasteiger partial charge >= 0.3 is 0 Å². The highest BCUT2D eigenvalue weighted by atomic mass is 16.3. The molecule has 0 fully saturated rings. The first-order valence-electron chi connectivity index (χ1n) is 4.65. The first-order chi connectivity index (χ1) is 6.43. The van der Waals surface area contributed by atoms with Gasteiger partial charge in [-0.15, -0.1) is 0 Å². The van der Waals surface area contributed by atoms with Gasteiger partial charge in [0.05, 0.1) is 11.6 Å². The van der Waals surface area contributed by atoms with Crippen LogP contribution < -0.4 is 4.90 Å².